The quantitative estimate of drug-likeness (QED) is 0.860. The van der Waals surface area contributed by atoms with Gasteiger partial charge < -0.3 is 9.80 Å². The molecular weight excluding hydrogens is 288 g/mol. The lowest BCUT2D eigenvalue weighted by Gasteiger charge is -2.33. The van der Waals surface area contributed by atoms with Crippen LogP contribution in [-0.2, 0) is 4.79 Å². The molecule has 2 fully saturated rings. The first-order valence-electron chi connectivity index (χ1n) is 8.86. The predicted octanol–water partition coefficient (Wildman–Crippen LogP) is 2.94. The summed E-state index contributed by atoms with van der Waals surface area (Å²) in [6.07, 6.45) is 6.10. The van der Waals surface area contributed by atoms with Crippen LogP contribution >= 0.6 is 0 Å². The fourth-order valence-electron chi connectivity index (χ4n) is 3.62. The molecule has 4 heteroatoms. The number of hydrogen-bond acceptors (Lipinski definition) is 2. The zero-order chi connectivity index (χ0) is 16.1. The van der Waals surface area contributed by atoms with Crippen molar-refractivity contribution in [3.8, 4) is 0 Å². The zero-order valence-electron chi connectivity index (χ0n) is 13.7. The molecule has 124 valence electrons. The Balaban J connectivity index is 1.46. The first kappa shape index (κ1) is 16.0. The molecule has 3 rings (SSSR count). The molecule has 0 atom stereocenters. The summed E-state index contributed by atoms with van der Waals surface area (Å²) >= 11 is 0. The third-order valence-corrected chi connectivity index (χ3v) is 5.09. The van der Waals surface area contributed by atoms with E-state index in [-0.39, 0.29) is 5.91 Å². The van der Waals surface area contributed by atoms with Crippen LogP contribution in [-0.4, -0.2) is 47.8 Å². The summed E-state index contributed by atoms with van der Waals surface area (Å²) in [5.41, 5.74) is 0.760. The van der Waals surface area contributed by atoms with Gasteiger partial charge in [-0.15, -0.1) is 0 Å². The number of benzene rings is 1. The Labute approximate surface area is 138 Å². The average Bonchev–Trinajstić information content (AvgIpc) is 2.63. The van der Waals surface area contributed by atoms with Crippen LogP contribution in [0.2, 0.25) is 0 Å². The minimum absolute atomic E-state index is 0.117. The molecule has 1 aromatic carbocycles. The highest BCUT2D eigenvalue weighted by Gasteiger charge is 2.26. The van der Waals surface area contributed by atoms with Crippen molar-refractivity contribution in [3.63, 3.8) is 0 Å². The molecule has 0 spiro atoms. The molecule has 2 heterocycles. The van der Waals surface area contributed by atoms with Gasteiger partial charge in [0.2, 0.25) is 5.91 Å². The maximum absolute atomic E-state index is 12.4. The number of rotatable bonds is 3. The Morgan fingerprint density at radius 1 is 0.870 bits per heavy atom. The molecule has 4 nitrogen and oxygen atoms in total. The molecule has 2 amide bonds. The van der Waals surface area contributed by atoms with Crippen molar-refractivity contribution in [1.29, 1.82) is 0 Å². The van der Waals surface area contributed by atoms with Crippen molar-refractivity contribution in [2.45, 2.75) is 38.5 Å². The third kappa shape index (κ3) is 4.12. The van der Waals surface area contributed by atoms with Crippen molar-refractivity contribution in [2.75, 3.05) is 26.2 Å². The normalized spacial score (nSPS) is 19.7. The smallest absolute Gasteiger partial charge is 0.253 e. The number of hydrogen-bond donors (Lipinski definition) is 0. The summed E-state index contributed by atoms with van der Waals surface area (Å²) in [6, 6.07) is 9.46. The fraction of sp³-hybridized carbons (Fsp3) is 0.579. The van der Waals surface area contributed by atoms with Gasteiger partial charge in [0.05, 0.1) is 0 Å². The molecule has 2 aliphatic rings. The van der Waals surface area contributed by atoms with E-state index >= 15 is 0 Å². The van der Waals surface area contributed by atoms with Crippen LogP contribution in [0, 0.1) is 5.92 Å². The average molecular weight is 314 g/mol. The Bertz CT molecular complexity index is 530. The molecule has 0 radical (unpaired) electrons. The molecular formula is C19H26N2O2. The number of carbonyl (C=O) groups excluding carboxylic acids is 2. The van der Waals surface area contributed by atoms with Crippen LogP contribution in [0.5, 0.6) is 0 Å². The van der Waals surface area contributed by atoms with Crippen LogP contribution in [0.1, 0.15) is 48.9 Å². The van der Waals surface area contributed by atoms with Gasteiger partial charge >= 0.3 is 0 Å². The summed E-state index contributed by atoms with van der Waals surface area (Å²) in [4.78, 5) is 28.7. The standard InChI is InChI=1S/C19H26N2O2/c22-18(20-11-5-2-6-12-20)15-16-9-13-21(14-10-16)19(23)17-7-3-1-4-8-17/h1,3-4,7-8,16H,2,5-6,9-15H2. The van der Waals surface area contributed by atoms with Crippen molar-refractivity contribution in [1.82, 2.24) is 9.80 Å². The molecule has 0 saturated carbocycles. The number of amides is 2. The molecule has 2 saturated heterocycles. The van der Waals surface area contributed by atoms with E-state index in [1.807, 2.05) is 40.1 Å². The molecule has 1 aromatic rings. The Morgan fingerprint density at radius 2 is 1.52 bits per heavy atom. The highest BCUT2D eigenvalue weighted by atomic mass is 16.2. The maximum Gasteiger partial charge on any atom is 0.253 e. The van der Waals surface area contributed by atoms with Crippen molar-refractivity contribution >= 4 is 11.8 Å². The van der Waals surface area contributed by atoms with E-state index in [4.69, 9.17) is 0 Å². The van der Waals surface area contributed by atoms with Gasteiger partial charge in [-0.2, -0.15) is 0 Å². The second kappa shape index (κ2) is 7.62. The lowest BCUT2D eigenvalue weighted by Crippen LogP contribution is -2.41. The van der Waals surface area contributed by atoms with Gasteiger partial charge in [-0.3, -0.25) is 9.59 Å². The van der Waals surface area contributed by atoms with E-state index in [0.717, 1.165) is 57.4 Å². The SMILES string of the molecule is O=C(CC1CCN(C(=O)c2ccccc2)CC1)N1CCCCC1. The van der Waals surface area contributed by atoms with Crippen molar-refractivity contribution < 1.29 is 9.59 Å². The van der Waals surface area contributed by atoms with Gasteiger partial charge in [0.15, 0.2) is 0 Å². The van der Waals surface area contributed by atoms with Crippen molar-refractivity contribution in [3.05, 3.63) is 35.9 Å². The van der Waals surface area contributed by atoms with Gasteiger partial charge in [-0.05, 0) is 50.2 Å². The lowest BCUT2D eigenvalue weighted by molar-refractivity contribution is -0.133. The number of likely N-dealkylation sites (tertiary alicyclic amines) is 2. The number of carbonyl (C=O) groups is 2. The van der Waals surface area contributed by atoms with Gasteiger partial charge in [-0.1, -0.05) is 18.2 Å². The number of nitrogens with zero attached hydrogens (tertiary/aromatic N) is 2. The Kier molecular flexibility index (Phi) is 5.31. The van der Waals surface area contributed by atoms with Crippen molar-refractivity contribution in [2.24, 2.45) is 5.92 Å². The molecule has 2 aliphatic heterocycles. The van der Waals surface area contributed by atoms with Crippen LogP contribution in [0.3, 0.4) is 0 Å². The minimum Gasteiger partial charge on any atom is -0.343 e. The van der Waals surface area contributed by atoms with Crippen LogP contribution < -0.4 is 0 Å². The summed E-state index contributed by atoms with van der Waals surface area (Å²) in [6.45, 7) is 3.41. The van der Waals surface area contributed by atoms with Gasteiger partial charge in [0, 0.05) is 38.2 Å². The second-order valence-electron chi connectivity index (χ2n) is 6.75. The summed E-state index contributed by atoms with van der Waals surface area (Å²) in [5.74, 6) is 0.869. The topological polar surface area (TPSA) is 40.6 Å². The molecule has 0 bridgehead atoms. The predicted molar refractivity (Wildman–Crippen MR) is 90.1 cm³/mol. The van der Waals surface area contributed by atoms with Crippen LogP contribution in [0.4, 0.5) is 0 Å². The third-order valence-electron chi connectivity index (χ3n) is 5.09. The molecule has 0 N–H and O–H groups in total. The largest absolute Gasteiger partial charge is 0.343 e. The molecule has 23 heavy (non-hydrogen) atoms. The Hall–Kier alpha value is -1.84. The highest BCUT2D eigenvalue weighted by Crippen LogP contribution is 2.23. The molecule has 0 aromatic heterocycles. The van der Waals surface area contributed by atoms with E-state index in [0.29, 0.717) is 18.2 Å². The second-order valence-corrected chi connectivity index (χ2v) is 6.75. The maximum atomic E-state index is 12.4. The zero-order valence-corrected chi connectivity index (χ0v) is 13.7. The number of piperidine rings is 2. The van der Waals surface area contributed by atoms with Gasteiger partial charge in [0.1, 0.15) is 0 Å². The van der Waals surface area contributed by atoms with E-state index in [1.165, 1.54) is 6.42 Å². The Morgan fingerprint density at radius 3 is 2.17 bits per heavy atom. The van der Waals surface area contributed by atoms with Crippen LogP contribution in [0.25, 0.3) is 0 Å². The van der Waals surface area contributed by atoms with Gasteiger partial charge in [0.25, 0.3) is 5.91 Å². The summed E-state index contributed by atoms with van der Waals surface area (Å²) in [7, 11) is 0. The minimum atomic E-state index is 0.117. The summed E-state index contributed by atoms with van der Waals surface area (Å²) < 4.78 is 0. The lowest BCUT2D eigenvalue weighted by atomic mass is 9.92. The monoisotopic (exact) mass is 314 g/mol. The fourth-order valence-corrected chi connectivity index (χ4v) is 3.62. The highest BCUT2D eigenvalue weighted by molar-refractivity contribution is 5.94. The van der Waals surface area contributed by atoms with E-state index < -0.39 is 0 Å². The first-order chi connectivity index (χ1) is 11.2. The van der Waals surface area contributed by atoms with E-state index in [9.17, 15) is 9.59 Å². The first-order valence-corrected chi connectivity index (χ1v) is 8.86. The van der Waals surface area contributed by atoms with E-state index in [1.54, 1.807) is 0 Å². The summed E-state index contributed by atoms with van der Waals surface area (Å²) in [5, 5.41) is 0. The van der Waals surface area contributed by atoms with E-state index in [2.05, 4.69) is 0 Å². The molecule has 0 aliphatic carbocycles. The molecule has 0 unspecified atom stereocenters. The van der Waals surface area contributed by atoms with Crippen LogP contribution in [0.15, 0.2) is 30.3 Å². The van der Waals surface area contributed by atoms with Gasteiger partial charge in [-0.25, -0.2) is 0 Å².